The van der Waals surface area contributed by atoms with E-state index in [9.17, 15) is 13.6 Å². The number of hydrogen-bond acceptors (Lipinski definition) is 7. The minimum Gasteiger partial charge on any atom is -0.489 e. The van der Waals surface area contributed by atoms with Crippen molar-refractivity contribution in [2.24, 2.45) is 11.7 Å². The number of hydrogen-bond donors (Lipinski definition) is 3. The topological polar surface area (TPSA) is 128 Å². The second kappa shape index (κ2) is 11.3. The minimum atomic E-state index is -2.99. The number of ether oxygens (including phenoxy) is 2. The number of H-pyrrole nitrogens is 1. The number of halogens is 4. The zero-order valence-corrected chi connectivity index (χ0v) is 19.1. The van der Waals surface area contributed by atoms with Gasteiger partial charge < -0.3 is 24.9 Å². The summed E-state index contributed by atoms with van der Waals surface area (Å²) in [7, 11) is 0. The summed E-state index contributed by atoms with van der Waals surface area (Å²) in [5, 5.41) is 9.00. The number of rotatable bonds is 9. The largest absolute Gasteiger partial charge is 0.489 e. The van der Waals surface area contributed by atoms with E-state index in [1.54, 1.807) is 6.92 Å². The predicted molar refractivity (Wildman–Crippen MR) is 120 cm³/mol. The molecule has 180 valence electrons. The van der Waals surface area contributed by atoms with E-state index in [0.29, 0.717) is 23.8 Å². The summed E-state index contributed by atoms with van der Waals surface area (Å²) >= 11 is 0. The van der Waals surface area contributed by atoms with Crippen LogP contribution in [0.2, 0.25) is 0 Å². The molecule has 3 aromatic rings. The smallest absolute Gasteiger partial charge is 0.387 e. The number of aromatic nitrogens is 3. The van der Waals surface area contributed by atoms with Gasteiger partial charge in [0.2, 0.25) is 5.89 Å². The highest BCUT2D eigenvalue weighted by Gasteiger charge is 2.26. The molecule has 0 unspecified atom stereocenters. The minimum absolute atomic E-state index is 0. The molecule has 0 aliphatic heterocycles. The van der Waals surface area contributed by atoms with Crippen LogP contribution in [-0.4, -0.2) is 34.3 Å². The van der Waals surface area contributed by atoms with Gasteiger partial charge in [0.15, 0.2) is 23.0 Å². The van der Waals surface area contributed by atoms with E-state index in [2.05, 4.69) is 25.2 Å². The average Bonchev–Trinajstić information content (AvgIpc) is 3.21. The number of alkyl halides is 2. The lowest BCUT2D eigenvalue weighted by molar-refractivity contribution is -0.0515. The first-order valence-corrected chi connectivity index (χ1v) is 9.69. The molecule has 0 saturated heterocycles. The Morgan fingerprint density at radius 1 is 1.33 bits per heavy atom. The molecule has 0 spiro atoms. The average molecular weight is 506 g/mol. The van der Waals surface area contributed by atoms with Crippen molar-refractivity contribution in [2.45, 2.75) is 32.4 Å². The van der Waals surface area contributed by atoms with Crippen molar-refractivity contribution in [3.05, 3.63) is 42.0 Å². The first kappa shape index (κ1) is 26.4. The van der Waals surface area contributed by atoms with Crippen LogP contribution >= 0.6 is 24.8 Å². The highest BCUT2D eigenvalue weighted by Crippen LogP contribution is 2.37. The molecule has 4 N–H and O–H groups in total. The summed E-state index contributed by atoms with van der Waals surface area (Å²) in [4.78, 5) is 16.9. The molecule has 1 aromatic carbocycles. The van der Waals surface area contributed by atoms with Gasteiger partial charge in [0.1, 0.15) is 0 Å². The normalized spacial score (nSPS) is 13.6. The Bertz CT molecular complexity index is 1060. The summed E-state index contributed by atoms with van der Waals surface area (Å²) in [6, 6.07) is 3.73. The van der Waals surface area contributed by atoms with Crippen LogP contribution in [0.4, 0.5) is 14.5 Å². The number of oxazole rings is 1. The Morgan fingerprint density at radius 3 is 2.70 bits per heavy atom. The highest BCUT2D eigenvalue weighted by molar-refractivity contribution is 6.03. The number of nitrogens with one attached hydrogen (secondary N) is 2. The molecule has 1 saturated carbocycles. The van der Waals surface area contributed by atoms with Crippen LogP contribution in [-0.2, 0) is 0 Å². The van der Waals surface area contributed by atoms with Crippen molar-refractivity contribution in [3.8, 4) is 23.0 Å². The molecule has 1 aliphatic rings. The van der Waals surface area contributed by atoms with Gasteiger partial charge >= 0.3 is 6.61 Å². The first-order valence-electron chi connectivity index (χ1n) is 9.69. The van der Waals surface area contributed by atoms with Crippen molar-refractivity contribution in [1.82, 2.24) is 15.2 Å². The van der Waals surface area contributed by atoms with Gasteiger partial charge in [-0.25, -0.2) is 4.98 Å². The van der Waals surface area contributed by atoms with Crippen molar-refractivity contribution in [2.75, 3.05) is 11.9 Å². The van der Waals surface area contributed by atoms with E-state index in [-0.39, 0.29) is 53.7 Å². The number of nitrogens with zero attached hydrogens (tertiary/aromatic N) is 2. The van der Waals surface area contributed by atoms with Gasteiger partial charge in [0.25, 0.3) is 5.91 Å². The van der Waals surface area contributed by atoms with Gasteiger partial charge in [-0.2, -0.15) is 13.9 Å². The molecule has 33 heavy (non-hydrogen) atoms. The number of nitrogens with two attached hydrogens (primary N) is 1. The molecule has 0 radical (unpaired) electrons. The second-order valence-corrected chi connectivity index (χ2v) is 7.26. The summed E-state index contributed by atoms with van der Waals surface area (Å²) < 4.78 is 41.5. The Labute approximate surface area is 200 Å². The SMILES string of the molecule is C[C@H](N)c1oc(-c2ccc(OC(F)F)c(OCC3CC3)c2)nc1C(=O)Nc1cn[nH]c1.Cl.Cl. The fraction of sp³-hybridized carbons (Fsp3) is 0.350. The van der Waals surface area contributed by atoms with Crippen molar-refractivity contribution in [3.63, 3.8) is 0 Å². The molecule has 2 heterocycles. The van der Waals surface area contributed by atoms with E-state index in [4.69, 9.17) is 14.9 Å². The highest BCUT2D eigenvalue weighted by atomic mass is 35.5. The molecule has 2 aromatic heterocycles. The number of aromatic amines is 1. The maximum atomic E-state index is 12.8. The number of anilines is 1. The summed E-state index contributed by atoms with van der Waals surface area (Å²) in [6.45, 7) is -0.931. The monoisotopic (exact) mass is 505 g/mol. The number of carbonyl (C=O) groups is 1. The van der Waals surface area contributed by atoms with Gasteiger partial charge in [-0.05, 0) is 43.9 Å². The number of benzene rings is 1. The van der Waals surface area contributed by atoms with E-state index < -0.39 is 18.6 Å². The van der Waals surface area contributed by atoms with Gasteiger partial charge in [0, 0.05) is 11.8 Å². The van der Waals surface area contributed by atoms with Crippen LogP contribution in [0.5, 0.6) is 11.5 Å². The predicted octanol–water partition coefficient (Wildman–Crippen LogP) is 4.57. The van der Waals surface area contributed by atoms with Crippen LogP contribution in [0.3, 0.4) is 0 Å². The van der Waals surface area contributed by atoms with E-state index in [0.717, 1.165) is 12.8 Å². The fourth-order valence-corrected chi connectivity index (χ4v) is 2.88. The van der Waals surface area contributed by atoms with Gasteiger partial charge in [-0.1, -0.05) is 0 Å². The molecule has 4 rings (SSSR count). The maximum Gasteiger partial charge on any atom is 0.387 e. The summed E-state index contributed by atoms with van der Waals surface area (Å²) in [5.41, 5.74) is 6.85. The molecule has 0 bridgehead atoms. The van der Waals surface area contributed by atoms with Gasteiger partial charge in [-0.15, -0.1) is 24.8 Å². The Kier molecular flexibility index (Phi) is 9.03. The van der Waals surface area contributed by atoms with Gasteiger partial charge in [0.05, 0.1) is 24.5 Å². The molecule has 1 amide bonds. The van der Waals surface area contributed by atoms with Crippen molar-refractivity contribution >= 4 is 36.4 Å². The molecule has 1 aliphatic carbocycles. The van der Waals surface area contributed by atoms with Crippen LogP contribution in [0, 0.1) is 5.92 Å². The lowest BCUT2D eigenvalue weighted by Gasteiger charge is -2.12. The van der Waals surface area contributed by atoms with E-state index >= 15 is 0 Å². The lowest BCUT2D eigenvalue weighted by Crippen LogP contribution is -2.17. The standard InChI is InChI=1S/C20H21F2N5O4.2ClH/c1-10(23)17-16(18(28)26-13-7-24-25-8-13)27-19(31-17)12-4-5-14(30-20(21)22)15(6-12)29-9-11-2-3-11;;/h4-8,10-11,20H,2-3,9,23H2,1H3,(H,24,25)(H,26,28);2*1H/t10-;;/m0../s1. The molecular formula is C20H23Cl2F2N5O4. The second-order valence-electron chi connectivity index (χ2n) is 7.26. The van der Waals surface area contributed by atoms with Gasteiger partial charge in [-0.3, -0.25) is 9.89 Å². The summed E-state index contributed by atoms with van der Waals surface area (Å²) in [5.74, 6) is 0.235. The number of carbonyl (C=O) groups excluding carboxylic acids is 1. The third kappa shape index (κ3) is 6.56. The fourth-order valence-electron chi connectivity index (χ4n) is 2.88. The molecule has 1 fully saturated rings. The third-order valence-electron chi connectivity index (χ3n) is 4.62. The molecular weight excluding hydrogens is 483 g/mol. The van der Waals surface area contributed by atoms with Crippen molar-refractivity contribution in [1.29, 1.82) is 0 Å². The van der Waals surface area contributed by atoms with Crippen LogP contribution in [0.1, 0.15) is 42.1 Å². The lowest BCUT2D eigenvalue weighted by atomic mass is 10.2. The Balaban J connectivity index is 0.00000193. The Hall–Kier alpha value is -2.89. The third-order valence-corrected chi connectivity index (χ3v) is 4.62. The first-order chi connectivity index (χ1) is 14.9. The molecule has 13 heteroatoms. The maximum absolute atomic E-state index is 12.8. The van der Waals surface area contributed by atoms with E-state index in [1.807, 2.05) is 0 Å². The Morgan fingerprint density at radius 2 is 2.09 bits per heavy atom. The quantitative estimate of drug-likeness (QED) is 0.388. The summed E-state index contributed by atoms with van der Waals surface area (Å²) in [6.07, 6.45) is 5.03. The van der Waals surface area contributed by atoms with Crippen LogP contribution in [0.25, 0.3) is 11.5 Å². The molecule has 9 nitrogen and oxygen atoms in total. The zero-order chi connectivity index (χ0) is 22.0. The van der Waals surface area contributed by atoms with Crippen molar-refractivity contribution < 1.29 is 27.5 Å². The van der Waals surface area contributed by atoms with Crippen LogP contribution in [0.15, 0.2) is 35.0 Å². The van der Waals surface area contributed by atoms with Crippen LogP contribution < -0.4 is 20.5 Å². The zero-order valence-electron chi connectivity index (χ0n) is 17.4. The number of amides is 1. The van der Waals surface area contributed by atoms with E-state index in [1.165, 1.54) is 30.6 Å². The molecule has 1 atom stereocenters.